The molecular weight excluding hydrogens is 198 g/mol. The minimum Gasteiger partial charge on any atom is -0.367 e. The minimum atomic E-state index is 0.532. The molecule has 0 aromatic carbocycles. The van der Waals surface area contributed by atoms with Crippen molar-refractivity contribution < 1.29 is 0 Å². The Hall–Kier alpha value is -0.990. The first-order chi connectivity index (χ1) is 7.58. The van der Waals surface area contributed by atoms with E-state index in [1.165, 1.54) is 5.69 Å². The van der Waals surface area contributed by atoms with Gasteiger partial charge >= 0.3 is 0 Å². The van der Waals surface area contributed by atoms with E-state index in [1.807, 2.05) is 11.7 Å². The summed E-state index contributed by atoms with van der Waals surface area (Å²) in [5, 5.41) is 8.08. The van der Waals surface area contributed by atoms with Crippen LogP contribution in [0.2, 0.25) is 0 Å². The van der Waals surface area contributed by atoms with Gasteiger partial charge in [0.15, 0.2) is 0 Å². The van der Waals surface area contributed by atoms with Gasteiger partial charge in [-0.05, 0) is 18.8 Å². The van der Waals surface area contributed by atoms with Crippen LogP contribution in [0.25, 0.3) is 0 Å². The summed E-state index contributed by atoms with van der Waals surface area (Å²) in [6, 6.07) is 2.71. The highest BCUT2D eigenvalue weighted by atomic mass is 15.3. The van der Waals surface area contributed by atoms with E-state index in [9.17, 15) is 0 Å². The van der Waals surface area contributed by atoms with E-state index < -0.39 is 0 Å². The van der Waals surface area contributed by atoms with Crippen molar-refractivity contribution in [2.45, 2.75) is 53.0 Å². The van der Waals surface area contributed by atoms with Crippen LogP contribution in [-0.4, -0.2) is 15.8 Å². The van der Waals surface area contributed by atoms with Gasteiger partial charge in [0, 0.05) is 19.2 Å². The van der Waals surface area contributed by atoms with E-state index in [0.717, 1.165) is 25.1 Å². The normalized spacial score (nSPS) is 13.1. The van der Waals surface area contributed by atoms with Crippen LogP contribution >= 0.6 is 0 Å². The largest absolute Gasteiger partial charge is 0.367 e. The molecule has 1 N–H and O–H groups in total. The zero-order valence-electron chi connectivity index (χ0n) is 11.2. The molecule has 0 aliphatic rings. The van der Waals surface area contributed by atoms with Gasteiger partial charge in [-0.2, -0.15) is 5.10 Å². The molecule has 0 amide bonds. The molecule has 1 atom stereocenters. The van der Waals surface area contributed by atoms with Crippen molar-refractivity contribution in [3.8, 4) is 0 Å². The first-order valence-corrected chi connectivity index (χ1v) is 6.37. The molecule has 0 saturated carbocycles. The Kier molecular flexibility index (Phi) is 4.84. The number of rotatable bonds is 6. The molecule has 0 saturated heterocycles. The van der Waals surface area contributed by atoms with Crippen LogP contribution < -0.4 is 5.32 Å². The molecule has 3 heteroatoms. The summed E-state index contributed by atoms with van der Waals surface area (Å²) in [5.41, 5.74) is 1.19. The molecule has 1 unspecified atom stereocenters. The number of anilines is 1. The van der Waals surface area contributed by atoms with Crippen LogP contribution in [0.5, 0.6) is 0 Å². The summed E-state index contributed by atoms with van der Waals surface area (Å²) >= 11 is 0. The van der Waals surface area contributed by atoms with Crippen molar-refractivity contribution in [1.82, 2.24) is 9.78 Å². The topological polar surface area (TPSA) is 29.9 Å². The van der Waals surface area contributed by atoms with Crippen molar-refractivity contribution in [2.75, 3.05) is 5.32 Å². The Morgan fingerprint density at radius 3 is 2.56 bits per heavy atom. The lowest BCUT2D eigenvalue weighted by Crippen LogP contribution is -2.25. The predicted molar refractivity (Wildman–Crippen MR) is 69.7 cm³/mol. The number of hydrogen-bond donors (Lipinski definition) is 1. The van der Waals surface area contributed by atoms with Gasteiger partial charge in [-0.3, -0.25) is 4.68 Å². The lowest BCUT2D eigenvalue weighted by Gasteiger charge is -2.21. The summed E-state index contributed by atoms with van der Waals surface area (Å²) < 4.78 is 1.95. The van der Waals surface area contributed by atoms with Gasteiger partial charge in [-0.25, -0.2) is 0 Å². The quantitative estimate of drug-likeness (QED) is 0.802. The van der Waals surface area contributed by atoms with Crippen molar-refractivity contribution >= 4 is 5.82 Å². The Morgan fingerprint density at radius 1 is 1.38 bits per heavy atom. The van der Waals surface area contributed by atoms with Gasteiger partial charge in [0.05, 0.1) is 5.69 Å². The molecule has 92 valence electrons. The Labute approximate surface area is 99.2 Å². The van der Waals surface area contributed by atoms with Gasteiger partial charge in [-0.1, -0.05) is 34.1 Å². The molecule has 0 fully saturated rings. The van der Waals surface area contributed by atoms with E-state index in [4.69, 9.17) is 0 Å². The fraction of sp³-hybridized carbons (Fsp3) is 0.769. The molecule has 16 heavy (non-hydrogen) atoms. The maximum atomic E-state index is 4.50. The molecule has 0 radical (unpaired) electrons. The highest BCUT2D eigenvalue weighted by molar-refractivity contribution is 5.38. The van der Waals surface area contributed by atoms with Gasteiger partial charge in [0.1, 0.15) is 5.82 Å². The minimum absolute atomic E-state index is 0.532. The van der Waals surface area contributed by atoms with Crippen molar-refractivity contribution in [3.05, 3.63) is 11.8 Å². The second kappa shape index (κ2) is 5.92. The first kappa shape index (κ1) is 13.1. The van der Waals surface area contributed by atoms with Gasteiger partial charge in [0.25, 0.3) is 0 Å². The van der Waals surface area contributed by atoms with E-state index in [2.05, 4.69) is 44.2 Å². The summed E-state index contributed by atoms with van der Waals surface area (Å²) in [6.07, 6.45) is 3.36. The Morgan fingerprint density at radius 2 is 2.06 bits per heavy atom. The highest BCUT2D eigenvalue weighted by Gasteiger charge is 2.13. The summed E-state index contributed by atoms with van der Waals surface area (Å²) in [4.78, 5) is 0. The molecule has 0 spiro atoms. The van der Waals surface area contributed by atoms with Gasteiger partial charge in [-0.15, -0.1) is 0 Å². The molecule has 1 heterocycles. The third-order valence-electron chi connectivity index (χ3n) is 3.01. The number of hydrogen-bond acceptors (Lipinski definition) is 2. The van der Waals surface area contributed by atoms with E-state index in [0.29, 0.717) is 12.0 Å². The van der Waals surface area contributed by atoms with Gasteiger partial charge in [0.2, 0.25) is 0 Å². The predicted octanol–water partition coefficient (Wildman–Crippen LogP) is 3.22. The summed E-state index contributed by atoms with van der Waals surface area (Å²) in [7, 11) is 2.01. The smallest absolute Gasteiger partial charge is 0.124 e. The lowest BCUT2D eigenvalue weighted by molar-refractivity contribution is 0.506. The lowest BCUT2D eigenvalue weighted by atomic mass is 10.0. The zero-order chi connectivity index (χ0) is 12.1. The van der Waals surface area contributed by atoms with Crippen LogP contribution in [0.1, 0.15) is 46.2 Å². The van der Waals surface area contributed by atoms with Gasteiger partial charge < -0.3 is 5.32 Å². The summed E-state index contributed by atoms with van der Waals surface area (Å²) in [5.74, 6) is 1.79. The maximum absolute atomic E-state index is 4.50. The maximum Gasteiger partial charge on any atom is 0.124 e. The molecule has 0 aliphatic carbocycles. The first-order valence-electron chi connectivity index (χ1n) is 6.37. The van der Waals surface area contributed by atoms with E-state index >= 15 is 0 Å². The Balaban J connectivity index is 2.72. The van der Waals surface area contributed by atoms with E-state index in [-0.39, 0.29) is 0 Å². The average molecular weight is 223 g/mol. The Bertz CT molecular complexity index is 315. The molecule has 1 rings (SSSR count). The second-order valence-electron chi connectivity index (χ2n) is 4.80. The fourth-order valence-electron chi connectivity index (χ4n) is 1.97. The molecule has 1 aromatic heterocycles. The monoisotopic (exact) mass is 223 g/mol. The van der Waals surface area contributed by atoms with Crippen LogP contribution in [0.4, 0.5) is 5.82 Å². The number of aromatic nitrogens is 2. The van der Waals surface area contributed by atoms with E-state index in [1.54, 1.807) is 0 Å². The number of nitrogens with one attached hydrogen (secondary N) is 1. The molecule has 3 nitrogen and oxygen atoms in total. The van der Waals surface area contributed by atoms with Crippen molar-refractivity contribution in [2.24, 2.45) is 13.0 Å². The van der Waals surface area contributed by atoms with Crippen molar-refractivity contribution in [1.29, 1.82) is 0 Å². The number of aryl methyl sites for hydroxylation is 2. The van der Waals surface area contributed by atoms with Crippen molar-refractivity contribution in [3.63, 3.8) is 0 Å². The standard InChI is InChI=1S/C13H25N3/c1-6-8-11-9-13(16(5)15-11)14-12(7-2)10(3)4/h9-10,12,14H,6-8H2,1-5H3. The number of nitrogens with zero attached hydrogens (tertiary/aromatic N) is 2. The molecule has 0 aliphatic heterocycles. The fourth-order valence-corrected chi connectivity index (χ4v) is 1.97. The van der Waals surface area contributed by atoms with Crippen LogP contribution in [-0.2, 0) is 13.5 Å². The SMILES string of the molecule is CCCc1cc(NC(CC)C(C)C)n(C)n1. The third kappa shape index (κ3) is 3.26. The second-order valence-corrected chi connectivity index (χ2v) is 4.80. The van der Waals surface area contributed by atoms with Crippen LogP contribution in [0, 0.1) is 5.92 Å². The third-order valence-corrected chi connectivity index (χ3v) is 3.01. The summed E-state index contributed by atoms with van der Waals surface area (Å²) in [6.45, 7) is 8.92. The highest BCUT2D eigenvalue weighted by Crippen LogP contribution is 2.16. The zero-order valence-corrected chi connectivity index (χ0v) is 11.2. The molecule has 1 aromatic rings. The van der Waals surface area contributed by atoms with Crippen LogP contribution in [0.3, 0.4) is 0 Å². The molecule has 0 bridgehead atoms. The molecular formula is C13H25N3. The van der Waals surface area contributed by atoms with Crippen LogP contribution in [0.15, 0.2) is 6.07 Å². The average Bonchev–Trinajstić information content (AvgIpc) is 2.55.